The molecule has 1 aromatic rings. The molecule has 0 aromatic carbocycles. The van der Waals surface area contributed by atoms with Gasteiger partial charge in [0.05, 0.1) is 11.3 Å². The normalized spacial score (nSPS) is 13.0. The molecule has 2 unspecified atom stereocenters. The summed E-state index contributed by atoms with van der Waals surface area (Å²) in [5, 5.41) is 23.6. The Morgan fingerprint density at radius 2 is 1.90 bits per heavy atom. The monoisotopic (exact) mass is 314 g/mol. The van der Waals surface area contributed by atoms with Gasteiger partial charge in [0, 0.05) is 0 Å². The number of carboxylic acids is 2. The Labute approximate surface area is 123 Å². The standard InChI is InChI=1S/C12H14N2O6S/c1-6(13-11(18)8-3-2-4-21-8)10(17)14-7(12(19)20)5-9(15)16/h2-4,6-7H,5H2,1H3,(H,13,18)(H,14,17)(H,15,16)(H,19,20). The molecule has 9 heteroatoms. The van der Waals surface area contributed by atoms with Crippen LogP contribution in [0.3, 0.4) is 0 Å². The number of carbonyl (C=O) groups excluding carboxylic acids is 2. The molecule has 0 radical (unpaired) electrons. The number of carbonyl (C=O) groups is 4. The molecule has 0 aliphatic rings. The van der Waals surface area contributed by atoms with Crippen LogP contribution in [0.5, 0.6) is 0 Å². The van der Waals surface area contributed by atoms with Gasteiger partial charge in [-0.05, 0) is 18.4 Å². The van der Waals surface area contributed by atoms with E-state index in [9.17, 15) is 19.2 Å². The van der Waals surface area contributed by atoms with Gasteiger partial charge in [0.1, 0.15) is 12.1 Å². The van der Waals surface area contributed by atoms with Gasteiger partial charge in [-0.2, -0.15) is 0 Å². The van der Waals surface area contributed by atoms with E-state index >= 15 is 0 Å². The Hall–Kier alpha value is -2.42. The number of hydrogen-bond donors (Lipinski definition) is 4. The van der Waals surface area contributed by atoms with Crippen molar-refractivity contribution in [1.29, 1.82) is 0 Å². The molecule has 21 heavy (non-hydrogen) atoms. The molecule has 0 bridgehead atoms. The van der Waals surface area contributed by atoms with Crippen LogP contribution in [0.2, 0.25) is 0 Å². The van der Waals surface area contributed by atoms with Gasteiger partial charge in [0.2, 0.25) is 5.91 Å². The van der Waals surface area contributed by atoms with Crippen LogP contribution in [0.1, 0.15) is 23.0 Å². The summed E-state index contributed by atoms with van der Waals surface area (Å²) in [6, 6.07) is 0.721. The van der Waals surface area contributed by atoms with Gasteiger partial charge in [-0.25, -0.2) is 4.79 Å². The zero-order valence-corrected chi connectivity index (χ0v) is 11.8. The first-order chi connectivity index (χ1) is 9.81. The van der Waals surface area contributed by atoms with Gasteiger partial charge in [-0.15, -0.1) is 11.3 Å². The minimum atomic E-state index is -1.55. The molecule has 2 atom stereocenters. The molecule has 0 saturated carbocycles. The molecule has 2 amide bonds. The number of carboxylic acid groups (broad SMARTS) is 2. The Morgan fingerprint density at radius 3 is 2.38 bits per heavy atom. The molecule has 1 aromatic heterocycles. The number of nitrogens with one attached hydrogen (secondary N) is 2. The van der Waals surface area contributed by atoms with Crippen LogP contribution >= 0.6 is 11.3 Å². The number of hydrogen-bond acceptors (Lipinski definition) is 5. The zero-order valence-electron chi connectivity index (χ0n) is 11.0. The Bertz CT molecular complexity index is 542. The smallest absolute Gasteiger partial charge is 0.326 e. The summed E-state index contributed by atoms with van der Waals surface area (Å²) in [4.78, 5) is 45.3. The summed E-state index contributed by atoms with van der Waals surface area (Å²) >= 11 is 1.20. The van der Waals surface area contributed by atoms with Crippen molar-refractivity contribution in [3.05, 3.63) is 22.4 Å². The highest BCUT2D eigenvalue weighted by Crippen LogP contribution is 2.08. The molecular weight excluding hydrogens is 300 g/mol. The van der Waals surface area contributed by atoms with E-state index < -0.39 is 42.3 Å². The zero-order chi connectivity index (χ0) is 16.0. The molecule has 114 valence electrons. The van der Waals surface area contributed by atoms with E-state index in [1.165, 1.54) is 18.3 Å². The maximum absolute atomic E-state index is 11.8. The summed E-state index contributed by atoms with van der Waals surface area (Å²) in [7, 11) is 0. The highest BCUT2D eigenvalue weighted by Gasteiger charge is 2.26. The largest absolute Gasteiger partial charge is 0.481 e. The summed E-state index contributed by atoms with van der Waals surface area (Å²) in [5.74, 6) is -4.04. The third kappa shape index (κ3) is 5.22. The molecule has 1 rings (SSSR count). The summed E-state index contributed by atoms with van der Waals surface area (Å²) in [6.45, 7) is 1.38. The first kappa shape index (κ1) is 16.6. The average molecular weight is 314 g/mol. The fraction of sp³-hybridized carbons (Fsp3) is 0.333. The lowest BCUT2D eigenvalue weighted by Crippen LogP contribution is -2.50. The van der Waals surface area contributed by atoms with Crippen molar-refractivity contribution >= 4 is 35.1 Å². The lowest BCUT2D eigenvalue weighted by Gasteiger charge is -2.17. The third-order valence-corrected chi connectivity index (χ3v) is 3.35. The predicted octanol–water partition coefficient (Wildman–Crippen LogP) is -0.0895. The number of thiophene rings is 1. The fourth-order valence-corrected chi connectivity index (χ4v) is 2.04. The molecule has 0 spiro atoms. The summed E-state index contributed by atoms with van der Waals surface area (Å²) in [6.07, 6.45) is -0.743. The lowest BCUT2D eigenvalue weighted by molar-refractivity contribution is -0.147. The highest BCUT2D eigenvalue weighted by molar-refractivity contribution is 7.12. The predicted molar refractivity (Wildman–Crippen MR) is 73.1 cm³/mol. The van der Waals surface area contributed by atoms with Crippen molar-refractivity contribution < 1.29 is 29.4 Å². The van der Waals surface area contributed by atoms with Crippen molar-refractivity contribution in [1.82, 2.24) is 10.6 Å². The van der Waals surface area contributed by atoms with E-state index in [1.807, 2.05) is 0 Å². The first-order valence-corrected chi connectivity index (χ1v) is 6.78. The average Bonchev–Trinajstić information content (AvgIpc) is 2.90. The molecule has 1 heterocycles. The first-order valence-electron chi connectivity index (χ1n) is 5.90. The van der Waals surface area contributed by atoms with E-state index in [1.54, 1.807) is 17.5 Å². The maximum atomic E-state index is 11.8. The second-order valence-electron chi connectivity index (χ2n) is 4.17. The number of aliphatic carboxylic acids is 2. The topological polar surface area (TPSA) is 133 Å². The molecule has 0 aliphatic carbocycles. The maximum Gasteiger partial charge on any atom is 0.326 e. The fourth-order valence-electron chi connectivity index (χ4n) is 1.41. The van der Waals surface area contributed by atoms with E-state index in [0.717, 1.165) is 0 Å². The van der Waals surface area contributed by atoms with Gasteiger partial charge >= 0.3 is 11.9 Å². The van der Waals surface area contributed by atoms with E-state index in [-0.39, 0.29) is 0 Å². The van der Waals surface area contributed by atoms with Crippen molar-refractivity contribution in [2.45, 2.75) is 25.4 Å². The van der Waals surface area contributed by atoms with Gasteiger partial charge in [0.15, 0.2) is 0 Å². The summed E-state index contributed by atoms with van der Waals surface area (Å²) in [5.41, 5.74) is 0. The van der Waals surface area contributed by atoms with Crippen LogP contribution in [0, 0.1) is 0 Å². The molecule has 0 saturated heterocycles. The second-order valence-corrected chi connectivity index (χ2v) is 5.12. The number of amides is 2. The molecule has 4 N–H and O–H groups in total. The van der Waals surface area contributed by atoms with Gasteiger partial charge in [0.25, 0.3) is 5.91 Å². The van der Waals surface area contributed by atoms with Crippen molar-refractivity contribution in [2.75, 3.05) is 0 Å². The van der Waals surface area contributed by atoms with Crippen LogP contribution < -0.4 is 10.6 Å². The van der Waals surface area contributed by atoms with Crippen LogP contribution in [0.15, 0.2) is 17.5 Å². The number of rotatable bonds is 7. The molecule has 0 aliphatic heterocycles. The molecule has 0 fully saturated rings. The third-order valence-electron chi connectivity index (χ3n) is 2.48. The van der Waals surface area contributed by atoms with E-state index in [4.69, 9.17) is 10.2 Å². The van der Waals surface area contributed by atoms with E-state index in [0.29, 0.717) is 4.88 Å². The minimum Gasteiger partial charge on any atom is -0.481 e. The molecular formula is C12H14N2O6S. The van der Waals surface area contributed by atoms with Crippen molar-refractivity contribution in [3.63, 3.8) is 0 Å². The second kappa shape index (κ2) is 7.39. The van der Waals surface area contributed by atoms with Crippen LogP contribution in [0.4, 0.5) is 0 Å². The molecule has 8 nitrogen and oxygen atoms in total. The van der Waals surface area contributed by atoms with Crippen LogP contribution in [0.25, 0.3) is 0 Å². The SMILES string of the molecule is CC(NC(=O)c1cccs1)C(=O)NC(CC(=O)O)C(=O)O. The minimum absolute atomic E-state index is 0.412. The van der Waals surface area contributed by atoms with Crippen molar-refractivity contribution in [2.24, 2.45) is 0 Å². The highest BCUT2D eigenvalue weighted by atomic mass is 32.1. The van der Waals surface area contributed by atoms with Crippen molar-refractivity contribution in [3.8, 4) is 0 Å². The van der Waals surface area contributed by atoms with E-state index in [2.05, 4.69) is 10.6 Å². The van der Waals surface area contributed by atoms with Gasteiger partial charge < -0.3 is 20.8 Å². The quantitative estimate of drug-likeness (QED) is 0.556. The van der Waals surface area contributed by atoms with Crippen LogP contribution in [-0.4, -0.2) is 46.0 Å². The Balaban J connectivity index is 2.59. The summed E-state index contributed by atoms with van der Waals surface area (Å²) < 4.78 is 0. The van der Waals surface area contributed by atoms with Gasteiger partial charge in [-0.3, -0.25) is 14.4 Å². The Kier molecular flexibility index (Phi) is 5.85. The lowest BCUT2D eigenvalue weighted by atomic mass is 10.2. The Morgan fingerprint density at radius 1 is 1.24 bits per heavy atom. The van der Waals surface area contributed by atoms with Gasteiger partial charge in [-0.1, -0.05) is 6.07 Å². The van der Waals surface area contributed by atoms with Crippen LogP contribution in [-0.2, 0) is 14.4 Å².